The summed E-state index contributed by atoms with van der Waals surface area (Å²) < 4.78 is 0. The van der Waals surface area contributed by atoms with Gasteiger partial charge in [-0.2, -0.15) is 0 Å². The summed E-state index contributed by atoms with van der Waals surface area (Å²) in [5.74, 6) is -1.20. The number of rotatable bonds is 12. The molecule has 5 heteroatoms. The second kappa shape index (κ2) is 13.2. The molecule has 5 nitrogen and oxygen atoms in total. The normalized spacial score (nSPS) is 24.9. The molecule has 1 aliphatic rings. The minimum Gasteiger partial charge on any atom is -0.481 e. The zero-order valence-corrected chi connectivity index (χ0v) is 16.0. The largest absolute Gasteiger partial charge is 0.481 e. The summed E-state index contributed by atoms with van der Waals surface area (Å²) in [4.78, 5) is 22.4. The number of aliphatic hydroxyl groups is 2. The standard InChI is InChI=1S/C22H32O5/c1-2-17(23)14-15-19-18(20(24)16-21(19)25)12-10-8-6-4-3-5-7-9-11-13-22(26)27/h3-4,7-10,14-15,17-20,23-24H,2,5-6,11-13,16H2,1H3,(H,26,27)/b4-3-,9-7-,10-8-,15-14+/t17-,18-,19+,20+/m1/s1. The molecule has 0 radical (unpaired) electrons. The molecule has 27 heavy (non-hydrogen) atoms. The number of ketones is 1. The smallest absolute Gasteiger partial charge is 0.303 e. The fourth-order valence-electron chi connectivity index (χ4n) is 3.03. The monoisotopic (exact) mass is 376 g/mol. The van der Waals surface area contributed by atoms with Gasteiger partial charge in [-0.1, -0.05) is 55.5 Å². The van der Waals surface area contributed by atoms with Crippen molar-refractivity contribution in [2.45, 2.75) is 64.1 Å². The van der Waals surface area contributed by atoms with Gasteiger partial charge in [-0.15, -0.1) is 0 Å². The maximum Gasteiger partial charge on any atom is 0.303 e. The van der Waals surface area contributed by atoms with E-state index in [1.165, 1.54) is 0 Å². The van der Waals surface area contributed by atoms with E-state index in [1.54, 1.807) is 12.2 Å². The van der Waals surface area contributed by atoms with Crippen LogP contribution in [0.2, 0.25) is 0 Å². The van der Waals surface area contributed by atoms with Gasteiger partial charge in [-0.3, -0.25) is 9.59 Å². The zero-order valence-electron chi connectivity index (χ0n) is 16.0. The van der Waals surface area contributed by atoms with Crippen LogP contribution in [-0.2, 0) is 9.59 Å². The number of carboxylic acid groups (broad SMARTS) is 1. The van der Waals surface area contributed by atoms with Crippen LogP contribution in [0.25, 0.3) is 0 Å². The number of Topliss-reactive ketones (excluding diaryl/α,β-unsaturated/α-hetero) is 1. The Hall–Kier alpha value is -1.98. The third-order valence-corrected chi connectivity index (χ3v) is 4.67. The van der Waals surface area contributed by atoms with Crippen LogP contribution in [0.1, 0.15) is 51.9 Å². The molecule has 0 unspecified atom stereocenters. The van der Waals surface area contributed by atoms with Gasteiger partial charge in [0.1, 0.15) is 5.78 Å². The van der Waals surface area contributed by atoms with Crippen LogP contribution in [0.5, 0.6) is 0 Å². The van der Waals surface area contributed by atoms with E-state index < -0.39 is 18.2 Å². The molecule has 0 amide bonds. The number of carbonyl (C=O) groups excluding carboxylic acids is 1. The third kappa shape index (κ3) is 9.50. The van der Waals surface area contributed by atoms with Gasteiger partial charge in [0.15, 0.2) is 0 Å². The summed E-state index contributed by atoms with van der Waals surface area (Å²) in [6, 6.07) is 0. The molecule has 1 rings (SSSR count). The van der Waals surface area contributed by atoms with Crippen molar-refractivity contribution in [2.24, 2.45) is 11.8 Å². The Balaban J connectivity index is 2.35. The highest BCUT2D eigenvalue weighted by Crippen LogP contribution is 2.33. The van der Waals surface area contributed by atoms with Crippen molar-refractivity contribution in [3.63, 3.8) is 0 Å². The van der Waals surface area contributed by atoms with E-state index >= 15 is 0 Å². The summed E-state index contributed by atoms with van der Waals surface area (Å²) in [6.45, 7) is 1.87. The van der Waals surface area contributed by atoms with Crippen LogP contribution in [-0.4, -0.2) is 39.3 Å². The number of hydrogen-bond donors (Lipinski definition) is 3. The maximum absolute atomic E-state index is 12.0. The first-order valence-corrected chi connectivity index (χ1v) is 9.69. The van der Waals surface area contributed by atoms with E-state index in [9.17, 15) is 19.8 Å². The molecule has 1 fully saturated rings. The number of carboxylic acids is 1. The maximum atomic E-state index is 12.0. The van der Waals surface area contributed by atoms with Crippen LogP contribution < -0.4 is 0 Å². The summed E-state index contributed by atoms with van der Waals surface area (Å²) >= 11 is 0. The number of hydrogen-bond acceptors (Lipinski definition) is 4. The van der Waals surface area contributed by atoms with Crippen LogP contribution >= 0.6 is 0 Å². The lowest BCUT2D eigenvalue weighted by Crippen LogP contribution is -2.19. The highest BCUT2D eigenvalue weighted by atomic mass is 16.4. The quantitative estimate of drug-likeness (QED) is 0.453. The van der Waals surface area contributed by atoms with E-state index in [0.717, 1.165) is 12.8 Å². The summed E-state index contributed by atoms with van der Waals surface area (Å²) in [6.07, 6.45) is 17.8. The second-order valence-electron chi connectivity index (χ2n) is 6.84. The molecule has 0 aliphatic heterocycles. The fraction of sp³-hybridized carbons (Fsp3) is 0.545. The Morgan fingerprint density at radius 2 is 1.78 bits per heavy atom. The molecule has 0 spiro atoms. The molecule has 150 valence electrons. The van der Waals surface area contributed by atoms with Gasteiger partial charge in [0.05, 0.1) is 12.2 Å². The number of aliphatic carboxylic acids is 1. The Morgan fingerprint density at radius 1 is 1.15 bits per heavy atom. The topological polar surface area (TPSA) is 94.8 Å². The lowest BCUT2D eigenvalue weighted by Gasteiger charge is -2.16. The summed E-state index contributed by atoms with van der Waals surface area (Å²) in [5, 5.41) is 28.3. The average molecular weight is 376 g/mol. The minimum absolute atomic E-state index is 0.0371. The third-order valence-electron chi connectivity index (χ3n) is 4.67. The molecule has 0 aromatic heterocycles. The van der Waals surface area contributed by atoms with E-state index in [1.807, 2.05) is 43.4 Å². The summed E-state index contributed by atoms with van der Waals surface area (Å²) in [7, 11) is 0. The Labute approximate surface area is 161 Å². The highest BCUT2D eigenvalue weighted by Gasteiger charge is 2.39. The minimum atomic E-state index is -0.784. The highest BCUT2D eigenvalue weighted by molar-refractivity contribution is 5.86. The second-order valence-corrected chi connectivity index (χ2v) is 6.84. The van der Waals surface area contributed by atoms with Gasteiger partial charge < -0.3 is 15.3 Å². The Morgan fingerprint density at radius 3 is 2.41 bits per heavy atom. The lowest BCUT2D eigenvalue weighted by atomic mass is 9.90. The Bertz CT molecular complexity index is 573. The predicted octanol–water partition coefficient (Wildman–Crippen LogP) is 3.58. The van der Waals surface area contributed by atoms with Crippen molar-refractivity contribution >= 4 is 11.8 Å². The molecular weight excluding hydrogens is 344 g/mol. The number of aliphatic hydroxyl groups excluding tert-OH is 2. The van der Waals surface area contributed by atoms with E-state index in [2.05, 4.69) is 0 Å². The molecule has 0 aromatic carbocycles. The van der Waals surface area contributed by atoms with Crippen molar-refractivity contribution in [1.82, 2.24) is 0 Å². The zero-order chi connectivity index (χ0) is 20.1. The van der Waals surface area contributed by atoms with Crippen molar-refractivity contribution in [2.75, 3.05) is 0 Å². The average Bonchev–Trinajstić information content (AvgIpc) is 2.90. The van der Waals surface area contributed by atoms with E-state index in [4.69, 9.17) is 5.11 Å². The van der Waals surface area contributed by atoms with Gasteiger partial charge in [-0.25, -0.2) is 0 Å². The molecule has 1 aliphatic carbocycles. The van der Waals surface area contributed by atoms with Crippen molar-refractivity contribution in [3.05, 3.63) is 48.6 Å². The van der Waals surface area contributed by atoms with Gasteiger partial charge in [0.25, 0.3) is 0 Å². The molecule has 0 aromatic rings. The van der Waals surface area contributed by atoms with E-state index in [-0.39, 0.29) is 30.5 Å². The van der Waals surface area contributed by atoms with Gasteiger partial charge in [0.2, 0.25) is 0 Å². The fourth-order valence-corrected chi connectivity index (χ4v) is 3.03. The summed E-state index contributed by atoms with van der Waals surface area (Å²) in [5.41, 5.74) is 0. The molecule has 0 saturated heterocycles. The first kappa shape index (κ1) is 23.1. The molecule has 3 N–H and O–H groups in total. The first-order chi connectivity index (χ1) is 13.0. The van der Waals surface area contributed by atoms with Crippen LogP contribution in [0.15, 0.2) is 48.6 Å². The molecular formula is C22H32O5. The van der Waals surface area contributed by atoms with Gasteiger partial charge in [0, 0.05) is 24.7 Å². The molecule has 4 atom stereocenters. The number of allylic oxidation sites excluding steroid dienone is 7. The van der Waals surface area contributed by atoms with E-state index in [0.29, 0.717) is 19.3 Å². The lowest BCUT2D eigenvalue weighted by molar-refractivity contribution is -0.136. The molecule has 1 saturated carbocycles. The van der Waals surface area contributed by atoms with Crippen LogP contribution in [0.4, 0.5) is 0 Å². The molecule has 0 heterocycles. The van der Waals surface area contributed by atoms with Gasteiger partial charge >= 0.3 is 5.97 Å². The van der Waals surface area contributed by atoms with Crippen molar-refractivity contribution in [1.29, 1.82) is 0 Å². The predicted molar refractivity (Wildman–Crippen MR) is 106 cm³/mol. The number of carbonyl (C=O) groups is 2. The van der Waals surface area contributed by atoms with Crippen LogP contribution in [0.3, 0.4) is 0 Å². The molecule has 0 bridgehead atoms. The first-order valence-electron chi connectivity index (χ1n) is 9.69. The SMILES string of the molecule is CC[C@@H](O)/C=C/[C@@H]1C(=O)C[C@H](O)[C@@H]1C/C=C\C/C=C\C/C=C\CCC(=O)O. The Kier molecular flexibility index (Phi) is 11.3. The van der Waals surface area contributed by atoms with Crippen LogP contribution in [0, 0.1) is 11.8 Å². The van der Waals surface area contributed by atoms with Gasteiger partial charge in [-0.05, 0) is 32.1 Å². The van der Waals surface area contributed by atoms with Crippen molar-refractivity contribution < 1.29 is 24.9 Å². The van der Waals surface area contributed by atoms with Crippen molar-refractivity contribution in [3.8, 4) is 0 Å².